The number of benzene rings is 1. The second-order valence-corrected chi connectivity index (χ2v) is 5.20. The first-order chi connectivity index (χ1) is 9.61. The van der Waals surface area contributed by atoms with Gasteiger partial charge in [-0.15, -0.1) is 0 Å². The normalized spacial score (nSPS) is 18.6. The highest BCUT2D eigenvalue weighted by Gasteiger charge is 2.21. The topological polar surface area (TPSA) is 67.6 Å². The summed E-state index contributed by atoms with van der Waals surface area (Å²) in [5.74, 6) is 1.05. The van der Waals surface area contributed by atoms with Crippen molar-refractivity contribution in [3.63, 3.8) is 0 Å². The molecule has 0 bridgehead atoms. The van der Waals surface area contributed by atoms with Gasteiger partial charge in [-0.25, -0.2) is 0 Å². The first kappa shape index (κ1) is 14.6. The van der Waals surface area contributed by atoms with Crippen molar-refractivity contribution in [3.05, 3.63) is 28.3 Å². The molecule has 6 nitrogen and oxygen atoms in total. The van der Waals surface area contributed by atoms with Gasteiger partial charge in [-0.05, 0) is 44.0 Å². The number of nitro benzene ring substituents is 1. The molecule has 1 aromatic rings. The van der Waals surface area contributed by atoms with Gasteiger partial charge in [0.1, 0.15) is 11.4 Å². The third-order valence-corrected chi connectivity index (χ3v) is 3.72. The smallest absolute Gasteiger partial charge is 0.296 e. The Morgan fingerprint density at radius 2 is 2.35 bits per heavy atom. The Hall–Kier alpha value is -1.82. The molecule has 1 aliphatic rings. The summed E-state index contributed by atoms with van der Waals surface area (Å²) in [5, 5.41) is 14.6. The van der Waals surface area contributed by atoms with Crippen LogP contribution in [-0.2, 0) is 0 Å². The molecule has 1 heterocycles. The summed E-state index contributed by atoms with van der Waals surface area (Å²) in [6.45, 7) is 2.87. The molecule has 0 aromatic heterocycles. The van der Waals surface area contributed by atoms with Gasteiger partial charge in [0.15, 0.2) is 0 Å². The Balaban J connectivity index is 2.15. The number of nitrogens with zero attached hydrogens (tertiary/aromatic N) is 2. The van der Waals surface area contributed by atoms with Crippen molar-refractivity contribution in [1.29, 1.82) is 0 Å². The maximum absolute atomic E-state index is 11.2. The van der Waals surface area contributed by atoms with Crippen molar-refractivity contribution in [3.8, 4) is 5.75 Å². The predicted octanol–water partition coefficient (Wildman–Crippen LogP) is 2.04. The zero-order valence-corrected chi connectivity index (χ0v) is 12.0. The summed E-state index contributed by atoms with van der Waals surface area (Å²) in [7, 11) is 3.42. The fourth-order valence-corrected chi connectivity index (χ4v) is 2.66. The monoisotopic (exact) mass is 279 g/mol. The van der Waals surface area contributed by atoms with Crippen LogP contribution in [0.1, 0.15) is 12.8 Å². The zero-order chi connectivity index (χ0) is 14.5. The maximum Gasteiger partial charge on any atom is 0.296 e. The van der Waals surface area contributed by atoms with E-state index in [1.54, 1.807) is 12.1 Å². The molecule has 2 rings (SSSR count). The Morgan fingerprint density at radius 1 is 1.55 bits per heavy atom. The SMILES string of the molecule is COc1ccc(N(C)CC2CCCNC2)c([N+](=O)[O-])c1. The van der Waals surface area contributed by atoms with Crippen molar-refractivity contribution < 1.29 is 9.66 Å². The quantitative estimate of drug-likeness (QED) is 0.660. The molecular weight excluding hydrogens is 258 g/mol. The van der Waals surface area contributed by atoms with Crippen LogP contribution in [-0.4, -0.2) is 38.7 Å². The van der Waals surface area contributed by atoms with E-state index in [0.717, 1.165) is 19.6 Å². The molecule has 110 valence electrons. The van der Waals surface area contributed by atoms with Crippen LogP contribution < -0.4 is 15.0 Å². The van der Waals surface area contributed by atoms with Gasteiger partial charge in [0.05, 0.1) is 18.1 Å². The highest BCUT2D eigenvalue weighted by Crippen LogP contribution is 2.32. The van der Waals surface area contributed by atoms with Gasteiger partial charge < -0.3 is 15.0 Å². The summed E-state index contributed by atoms with van der Waals surface area (Å²) in [6, 6.07) is 5.00. The van der Waals surface area contributed by atoms with Crippen LogP contribution >= 0.6 is 0 Å². The van der Waals surface area contributed by atoms with Gasteiger partial charge in [0.25, 0.3) is 5.69 Å². The second kappa shape index (κ2) is 6.56. The number of ether oxygens (including phenoxy) is 1. The first-order valence-corrected chi connectivity index (χ1v) is 6.86. The van der Waals surface area contributed by atoms with Crippen molar-refractivity contribution in [2.24, 2.45) is 5.92 Å². The molecule has 1 unspecified atom stereocenters. The maximum atomic E-state index is 11.2. The zero-order valence-electron chi connectivity index (χ0n) is 12.0. The van der Waals surface area contributed by atoms with E-state index in [-0.39, 0.29) is 10.6 Å². The van der Waals surface area contributed by atoms with E-state index in [0.29, 0.717) is 17.4 Å². The van der Waals surface area contributed by atoms with E-state index in [9.17, 15) is 10.1 Å². The molecule has 0 saturated carbocycles. The molecular formula is C14H21N3O3. The van der Waals surface area contributed by atoms with Gasteiger partial charge in [-0.3, -0.25) is 10.1 Å². The highest BCUT2D eigenvalue weighted by molar-refractivity contribution is 5.65. The van der Waals surface area contributed by atoms with Crippen molar-refractivity contribution in [2.75, 3.05) is 38.7 Å². The molecule has 0 spiro atoms. The lowest BCUT2D eigenvalue weighted by atomic mass is 9.99. The lowest BCUT2D eigenvalue weighted by molar-refractivity contribution is -0.384. The van der Waals surface area contributed by atoms with Crippen LogP contribution in [0, 0.1) is 16.0 Å². The lowest BCUT2D eigenvalue weighted by Gasteiger charge is -2.28. The molecule has 0 amide bonds. The number of methoxy groups -OCH3 is 1. The van der Waals surface area contributed by atoms with E-state index < -0.39 is 0 Å². The summed E-state index contributed by atoms with van der Waals surface area (Å²) in [6.07, 6.45) is 2.34. The minimum Gasteiger partial charge on any atom is -0.496 e. The summed E-state index contributed by atoms with van der Waals surface area (Å²) in [5.41, 5.74) is 0.733. The molecule has 1 saturated heterocycles. The average molecular weight is 279 g/mol. The molecule has 1 aromatic carbocycles. The number of piperidine rings is 1. The van der Waals surface area contributed by atoms with Gasteiger partial charge in [-0.2, -0.15) is 0 Å². The first-order valence-electron chi connectivity index (χ1n) is 6.86. The van der Waals surface area contributed by atoms with Crippen LogP contribution in [0.3, 0.4) is 0 Å². The van der Waals surface area contributed by atoms with E-state index in [4.69, 9.17) is 4.74 Å². The van der Waals surface area contributed by atoms with Gasteiger partial charge in [-0.1, -0.05) is 0 Å². The van der Waals surface area contributed by atoms with Crippen LogP contribution in [0.5, 0.6) is 5.75 Å². The lowest BCUT2D eigenvalue weighted by Crippen LogP contribution is -2.37. The number of nitrogens with one attached hydrogen (secondary N) is 1. The van der Waals surface area contributed by atoms with Gasteiger partial charge in [0, 0.05) is 13.6 Å². The average Bonchev–Trinajstić information content (AvgIpc) is 2.47. The molecule has 0 aliphatic carbocycles. The number of anilines is 1. The summed E-state index contributed by atoms with van der Waals surface area (Å²) < 4.78 is 5.06. The van der Waals surface area contributed by atoms with E-state index in [1.165, 1.54) is 26.0 Å². The second-order valence-electron chi connectivity index (χ2n) is 5.20. The number of nitro groups is 1. The Bertz CT molecular complexity index is 473. The summed E-state index contributed by atoms with van der Waals surface area (Å²) >= 11 is 0. The van der Waals surface area contributed by atoms with E-state index in [1.807, 2.05) is 11.9 Å². The molecule has 1 fully saturated rings. The minimum absolute atomic E-state index is 0.0932. The third kappa shape index (κ3) is 3.39. The molecule has 1 N–H and O–H groups in total. The fourth-order valence-electron chi connectivity index (χ4n) is 2.66. The minimum atomic E-state index is -0.354. The van der Waals surface area contributed by atoms with Crippen molar-refractivity contribution >= 4 is 11.4 Å². The Kier molecular flexibility index (Phi) is 4.79. The van der Waals surface area contributed by atoms with Crippen LogP contribution in [0.15, 0.2) is 18.2 Å². The molecule has 6 heteroatoms. The number of hydrogen-bond acceptors (Lipinski definition) is 5. The van der Waals surface area contributed by atoms with Crippen LogP contribution in [0.2, 0.25) is 0 Å². The predicted molar refractivity (Wildman–Crippen MR) is 78.5 cm³/mol. The third-order valence-electron chi connectivity index (χ3n) is 3.72. The van der Waals surface area contributed by atoms with E-state index >= 15 is 0 Å². The molecule has 0 radical (unpaired) electrons. The Morgan fingerprint density at radius 3 is 2.95 bits per heavy atom. The summed E-state index contributed by atoms with van der Waals surface area (Å²) in [4.78, 5) is 12.8. The molecule has 1 atom stereocenters. The fraction of sp³-hybridized carbons (Fsp3) is 0.571. The standard InChI is InChI=1S/C14H21N3O3/c1-16(10-11-4-3-7-15-9-11)13-6-5-12(20-2)8-14(13)17(18)19/h5-6,8,11,15H,3-4,7,9-10H2,1-2H3. The van der Waals surface area contributed by atoms with Gasteiger partial charge in [0.2, 0.25) is 0 Å². The molecule has 1 aliphatic heterocycles. The van der Waals surface area contributed by atoms with Crippen molar-refractivity contribution in [2.45, 2.75) is 12.8 Å². The molecule has 20 heavy (non-hydrogen) atoms. The number of rotatable bonds is 5. The van der Waals surface area contributed by atoms with Crippen LogP contribution in [0.4, 0.5) is 11.4 Å². The Labute approximate surface area is 118 Å². The van der Waals surface area contributed by atoms with E-state index in [2.05, 4.69) is 5.32 Å². The van der Waals surface area contributed by atoms with Gasteiger partial charge >= 0.3 is 0 Å². The largest absolute Gasteiger partial charge is 0.496 e. The van der Waals surface area contributed by atoms with Crippen molar-refractivity contribution in [1.82, 2.24) is 5.32 Å². The highest BCUT2D eigenvalue weighted by atomic mass is 16.6. The number of hydrogen-bond donors (Lipinski definition) is 1. The van der Waals surface area contributed by atoms with Crippen LogP contribution in [0.25, 0.3) is 0 Å².